The van der Waals surface area contributed by atoms with Gasteiger partial charge in [0.1, 0.15) is 6.54 Å². The summed E-state index contributed by atoms with van der Waals surface area (Å²) in [4.78, 5) is 31.3. The number of nitrogens with zero attached hydrogens (tertiary/aromatic N) is 3. The van der Waals surface area contributed by atoms with Gasteiger partial charge in [-0.05, 0) is 37.1 Å². The average molecular weight is 434 g/mol. The molecule has 0 unspecified atom stereocenters. The normalized spacial score (nSPS) is 17.9. The smallest absolute Gasteiger partial charge is 0.242 e. The fraction of sp³-hybridized carbons (Fsp3) is 0.462. The molecule has 1 aliphatic carbocycles. The summed E-state index contributed by atoms with van der Waals surface area (Å²) in [5.74, 6) is 0.143. The zero-order valence-corrected chi connectivity index (χ0v) is 18.5. The lowest BCUT2D eigenvalue weighted by atomic mass is 10.1. The van der Waals surface area contributed by atoms with Gasteiger partial charge in [0, 0.05) is 43.0 Å². The Balaban J connectivity index is 1.47. The fourth-order valence-electron chi connectivity index (χ4n) is 5.27. The van der Waals surface area contributed by atoms with E-state index in [1.54, 1.807) is 0 Å². The van der Waals surface area contributed by atoms with Crippen LogP contribution in [0.5, 0.6) is 0 Å². The molecule has 2 aromatic carbocycles. The number of para-hydroxylation sites is 2. The molecule has 6 nitrogen and oxygen atoms in total. The van der Waals surface area contributed by atoms with Gasteiger partial charge in [0.15, 0.2) is 5.43 Å². The van der Waals surface area contributed by atoms with Gasteiger partial charge in [-0.3, -0.25) is 14.5 Å². The van der Waals surface area contributed by atoms with Gasteiger partial charge in [-0.15, -0.1) is 0 Å². The molecule has 32 heavy (non-hydrogen) atoms. The van der Waals surface area contributed by atoms with E-state index in [1.165, 1.54) is 12.8 Å². The molecule has 2 aliphatic rings. The maximum absolute atomic E-state index is 13.7. The number of benzene rings is 2. The molecular formula is C26H31N3O3. The van der Waals surface area contributed by atoms with Gasteiger partial charge in [0.2, 0.25) is 5.91 Å². The molecule has 6 heteroatoms. The second-order valence-corrected chi connectivity index (χ2v) is 8.93. The molecule has 0 spiro atoms. The lowest BCUT2D eigenvalue weighted by Gasteiger charge is -2.33. The molecule has 168 valence electrons. The van der Waals surface area contributed by atoms with Crippen molar-refractivity contribution in [3.8, 4) is 0 Å². The molecular weight excluding hydrogens is 402 g/mol. The third-order valence-electron chi connectivity index (χ3n) is 7.02. The highest BCUT2D eigenvalue weighted by Crippen LogP contribution is 2.25. The van der Waals surface area contributed by atoms with Crippen LogP contribution in [0.1, 0.15) is 25.7 Å². The lowest BCUT2D eigenvalue weighted by molar-refractivity contribution is -0.134. The molecule has 1 saturated carbocycles. The van der Waals surface area contributed by atoms with Gasteiger partial charge in [0.05, 0.1) is 24.2 Å². The summed E-state index contributed by atoms with van der Waals surface area (Å²) in [7, 11) is 0. The van der Waals surface area contributed by atoms with Crippen molar-refractivity contribution in [3.05, 3.63) is 58.8 Å². The Morgan fingerprint density at radius 2 is 1.53 bits per heavy atom. The largest absolute Gasteiger partial charge is 0.379 e. The highest BCUT2D eigenvalue weighted by molar-refractivity contribution is 5.94. The summed E-state index contributed by atoms with van der Waals surface area (Å²) < 4.78 is 7.51. The van der Waals surface area contributed by atoms with E-state index >= 15 is 0 Å². The molecule has 1 aromatic heterocycles. The van der Waals surface area contributed by atoms with Gasteiger partial charge >= 0.3 is 0 Å². The lowest BCUT2D eigenvalue weighted by Crippen LogP contribution is -2.47. The first kappa shape index (κ1) is 21.2. The SMILES string of the molecule is O=C(Cn1c2ccccc2c(=O)c2ccccc21)N(CCN1CCOCC1)C1CCCC1. The van der Waals surface area contributed by atoms with Crippen molar-refractivity contribution in [3.63, 3.8) is 0 Å². The summed E-state index contributed by atoms with van der Waals surface area (Å²) in [6.07, 6.45) is 4.55. The van der Waals surface area contributed by atoms with E-state index in [-0.39, 0.29) is 17.9 Å². The van der Waals surface area contributed by atoms with Crippen LogP contribution in [-0.2, 0) is 16.1 Å². The third-order valence-corrected chi connectivity index (χ3v) is 7.02. The summed E-state index contributed by atoms with van der Waals surface area (Å²) in [6, 6.07) is 15.6. The number of amides is 1. The maximum Gasteiger partial charge on any atom is 0.242 e. The van der Waals surface area contributed by atoms with Gasteiger partial charge in [-0.2, -0.15) is 0 Å². The van der Waals surface area contributed by atoms with Crippen LogP contribution in [0.2, 0.25) is 0 Å². The van der Waals surface area contributed by atoms with Gasteiger partial charge in [0.25, 0.3) is 0 Å². The summed E-state index contributed by atoms with van der Waals surface area (Å²) >= 11 is 0. The third kappa shape index (κ3) is 4.17. The number of hydrogen-bond donors (Lipinski definition) is 0. The Morgan fingerprint density at radius 3 is 2.16 bits per heavy atom. The summed E-state index contributed by atoms with van der Waals surface area (Å²) in [6.45, 7) is 5.29. The quantitative estimate of drug-likeness (QED) is 0.560. The van der Waals surface area contributed by atoms with Crippen molar-refractivity contribution >= 4 is 27.7 Å². The Kier molecular flexibility index (Phi) is 6.23. The molecule has 1 aliphatic heterocycles. The molecule has 5 rings (SSSR count). The van der Waals surface area contributed by atoms with Crippen molar-refractivity contribution in [2.24, 2.45) is 0 Å². The molecule has 2 heterocycles. The molecule has 0 bridgehead atoms. The average Bonchev–Trinajstić information content (AvgIpc) is 3.37. The molecule has 3 aromatic rings. The van der Waals surface area contributed by atoms with Crippen LogP contribution in [-0.4, -0.2) is 65.7 Å². The Bertz CT molecular complexity index is 1100. The number of carbonyl (C=O) groups is 1. The van der Waals surface area contributed by atoms with Crippen molar-refractivity contribution in [2.45, 2.75) is 38.3 Å². The predicted molar refractivity (Wildman–Crippen MR) is 127 cm³/mol. The first-order chi connectivity index (χ1) is 15.7. The number of ether oxygens (including phenoxy) is 1. The first-order valence-electron chi connectivity index (χ1n) is 11.8. The minimum atomic E-state index is 0.0277. The van der Waals surface area contributed by atoms with Gasteiger partial charge < -0.3 is 14.2 Å². The Labute approximate surface area is 188 Å². The first-order valence-corrected chi connectivity index (χ1v) is 11.8. The number of carbonyl (C=O) groups excluding carboxylic acids is 1. The van der Waals surface area contributed by atoms with Crippen molar-refractivity contribution < 1.29 is 9.53 Å². The topological polar surface area (TPSA) is 54.8 Å². The molecule has 1 amide bonds. The molecule has 0 atom stereocenters. The fourth-order valence-corrected chi connectivity index (χ4v) is 5.27. The zero-order chi connectivity index (χ0) is 21.9. The maximum atomic E-state index is 13.7. The van der Waals surface area contributed by atoms with E-state index in [1.807, 2.05) is 53.1 Å². The van der Waals surface area contributed by atoms with Crippen molar-refractivity contribution in [2.75, 3.05) is 39.4 Å². The molecule has 1 saturated heterocycles. The van der Waals surface area contributed by atoms with Crippen LogP contribution in [0, 0.1) is 0 Å². The standard InChI is InChI=1S/C26H31N3O3/c30-25(28(20-7-1-2-8-20)14-13-27-15-17-32-18-16-27)19-29-23-11-5-3-9-21(23)26(31)22-10-4-6-12-24(22)29/h3-6,9-12,20H,1-2,7-8,13-19H2. The van der Waals surface area contributed by atoms with E-state index in [9.17, 15) is 9.59 Å². The Morgan fingerprint density at radius 1 is 0.938 bits per heavy atom. The monoisotopic (exact) mass is 433 g/mol. The summed E-state index contributed by atoms with van der Waals surface area (Å²) in [5.41, 5.74) is 1.67. The second-order valence-electron chi connectivity index (χ2n) is 8.93. The van der Waals surface area contributed by atoms with Crippen LogP contribution >= 0.6 is 0 Å². The minimum Gasteiger partial charge on any atom is -0.379 e. The van der Waals surface area contributed by atoms with Crippen LogP contribution in [0.15, 0.2) is 53.3 Å². The van der Waals surface area contributed by atoms with Crippen LogP contribution in [0.4, 0.5) is 0 Å². The Hall–Kier alpha value is -2.70. The number of hydrogen-bond acceptors (Lipinski definition) is 4. The molecule has 0 N–H and O–H groups in total. The van der Waals surface area contributed by atoms with Crippen LogP contribution in [0.25, 0.3) is 21.8 Å². The van der Waals surface area contributed by atoms with E-state index in [0.29, 0.717) is 16.8 Å². The zero-order valence-electron chi connectivity index (χ0n) is 18.5. The number of morpholine rings is 1. The molecule has 0 radical (unpaired) electrons. The van der Waals surface area contributed by atoms with Gasteiger partial charge in [-0.1, -0.05) is 37.1 Å². The number of fused-ring (bicyclic) bond motifs is 2. The number of pyridine rings is 1. The van der Waals surface area contributed by atoms with Crippen molar-refractivity contribution in [1.29, 1.82) is 0 Å². The van der Waals surface area contributed by atoms with Crippen LogP contribution < -0.4 is 5.43 Å². The molecule has 2 fully saturated rings. The second kappa shape index (κ2) is 9.43. The highest BCUT2D eigenvalue weighted by Gasteiger charge is 2.28. The minimum absolute atomic E-state index is 0.0277. The van der Waals surface area contributed by atoms with E-state index in [4.69, 9.17) is 4.74 Å². The van der Waals surface area contributed by atoms with E-state index in [0.717, 1.165) is 63.3 Å². The van der Waals surface area contributed by atoms with Gasteiger partial charge in [-0.25, -0.2) is 0 Å². The predicted octanol–water partition coefficient (Wildman–Crippen LogP) is 3.26. The van der Waals surface area contributed by atoms with Crippen molar-refractivity contribution in [1.82, 2.24) is 14.4 Å². The van der Waals surface area contributed by atoms with E-state index < -0.39 is 0 Å². The van der Waals surface area contributed by atoms with Crippen LogP contribution in [0.3, 0.4) is 0 Å². The van der Waals surface area contributed by atoms with E-state index in [2.05, 4.69) is 9.80 Å². The number of rotatable bonds is 6. The number of aromatic nitrogens is 1. The highest BCUT2D eigenvalue weighted by atomic mass is 16.5. The summed E-state index contributed by atoms with van der Waals surface area (Å²) in [5, 5.41) is 1.33.